The Bertz CT molecular complexity index is 758. The van der Waals surface area contributed by atoms with Crippen LogP contribution in [-0.4, -0.2) is 23.8 Å². The van der Waals surface area contributed by atoms with Gasteiger partial charge in [-0.3, -0.25) is 9.59 Å². The lowest BCUT2D eigenvalue weighted by molar-refractivity contribution is -0.123. The minimum atomic E-state index is -0.885. The van der Waals surface area contributed by atoms with Gasteiger partial charge >= 0.3 is 5.97 Å². The van der Waals surface area contributed by atoms with E-state index in [2.05, 4.69) is 5.32 Å². The van der Waals surface area contributed by atoms with Crippen molar-refractivity contribution in [3.63, 3.8) is 0 Å². The molecule has 0 aliphatic rings. The SMILES string of the molecule is C[C@H](OC(=O)c1cccs1)C(=O)c1ccc(NC(=O)C(C)(C)C)cc1. The highest BCUT2D eigenvalue weighted by Crippen LogP contribution is 2.19. The van der Waals surface area contributed by atoms with Gasteiger partial charge in [-0.25, -0.2) is 4.79 Å². The predicted molar refractivity (Wildman–Crippen MR) is 98.1 cm³/mol. The zero-order valence-electron chi connectivity index (χ0n) is 14.7. The molecule has 0 bridgehead atoms. The summed E-state index contributed by atoms with van der Waals surface area (Å²) in [6.45, 7) is 7.01. The summed E-state index contributed by atoms with van der Waals surface area (Å²) in [7, 11) is 0. The lowest BCUT2D eigenvalue weighted by Crippen LogP contribution is -2.27. The van der Waals surface area contributed by atoms with Crippen molar-refractivity contribution < 1.29 is 19.1 Å². The van der Waals surface area contributed by atoms with Gasteiger partial charge < -0.3 is 10.1 Å². The topological polar surface area (TPSA) is 72.5 Å². The summed E-state index contributed by atoms with van der Waals surface area (Å²) in [5, 5.41) is 4.57. The highest BCUT2D eigenvalue weighted by Gasteiger charge is 2.22. The normalized spacial score (nSPS) is 12.3. The Morgan fingerprint density at radius 3 is 2.24 bits per heavy atom. The first kappa shape index (κ1) is 18.9. The maximum absolute atomic E-state index is 12.4. The zero-order valence-corrected chi connectivity index (χ0v) is 15.5. The molecular formula is C19H21NO4S. The van der Waals surface area contributed by atoms with E-state index in [1.165, 1.54) is 11.3 Å². The first-order chi connectivity index (χ1) is 11.7. The molecule has 0 radical (unpaired) electrons. The van der Waals surface area contributed by atoms with Crippen molar-refractivity contribution in [3.8, 4) is 0 Å². The van der Waals surface area contributed by atoms with Crippen molar-refractivity contribution in [2.24, 2.45) is 5.41 Å². The van der Waals surface area contributed by atoms with Gasteiger partial charge in [-0.05, 0) is 42.6 Å². The molecule has 1 amide bonds. The molecule has 1 aromatic carbocycles. The molecule has 1 N–H and O–H groups in total. The van der Waals surface area contributed by atoms with Gasteiger partial charge in [-0.15, -0.1) is 11.3 Å². The summed E-state index contributed by atoms with van der Waals surface area (Å²) in [6, 6.07) is 9.93. The number of Topliss-reactive ketones (excluding diaryl/α,β-unsaturated/α-hetero) is 1. The van der Waals surface area contributed by atoms with E-state index in [9.17, 15) is 14.4 Å². The quantitative estimate of drug-likeness (QED) is 0.643. The molecule has 5 nitrogen and oxygen atoms in total. The van der Waals surface area contributed by atoms with Crippen molar-refractivity contribution in [2.75, 3.05) is 5.32 Å². The highest BCUT2D eigenvalue weighted by atomic mass is 32.1. The molecule has 0 aliphatic heterocycles. The number of hydrogen-bond donors (Lipinski definition) is 1. The van der Waals surface area contributed by atoms with Crippen molar-refractivity contribution >= 4 is 34.7 Å². The molecule has 6 heteroatoms. The van der Waals surface area contributed by atoms with Crippen LogP contribution < -0.4 is 5.32 Å². The minimum absolute atomic E-state index is 0.107. The Morgan fingerprint density at radius 2 is 1.72 bits per heavy atom. The molecule has 0 saturated carbocycles. The van der Waals surface area contributed by atoms with Crippen molar-refractivity contribution in [3.05, 3.63) is 52.2 Å². The molecule has 1 atom stereocenters. The van der Waals surface area contributed by atoms with E-state index in [1.807, 2.05) is 20.8 Å². The van der Waals surface area contributed by atoms with Gasteiger partial charge in [0.25, 0.3) is 0 Å². The van der Waals surface area contributed by atoms with Gasteiger partial charge in [-0.1, -0.05) is 26.8 Å². The van der Waals surface area contributed by atoms with E-state index in [0.29, 0.717) is 16.1 Å². The monoisotopic (exact) mass is 359 g/mol. The van der Waals surface area contributed by atoms with Crippen molar-refractivity contribution in [2.45, 2.75) is 33.8 Å². The smallest absolute Gasteiger partial charge is 0.349 e. The first-order valence-corrected chi connectivity index (χ1v) is 8.76. The molecule has 0 spiro atoms. The number of carbonyl (C=O) groups is 3. The number of ether oxygens (including phenoxy) is 1. The zero-order chi connectivity index (χ0) is 18.6. The second-order valence-electron chi connectivity index (χ2n) is 6.67. The van der Waals surface area contributed by atoms with Crippen LogP contribution in [0.4, 0.5) is 5.69 Å². The fraction of sp³-hybridized carbons (Fsp3) is 0.316. The Balaban J connectivity index is 2.00. The fourth-order valence-electron chi connectivity index (χ4n) is 1.94. The lowest BCUT2D eigenvalue weighted by Gasteiger charge is -2.18. The van der Waals surface area contributed by atoms with E-state index >= 15 is 0 Å². The molecule has 25 heavy (non-hydrogen) atoms. The van der Waals surface area contributed by atoms with Gasteiger partial charge in [0, 0.05) is 16.7 Å². The minimum Gasteiger partial charge on any atom is -0.450 e. The number of anilines is 1. The third-order valence-corrected chi connectivity index (χ3v) is 4.33. The molecule has 1 heterocycles. The second-order valence-corrected chi connectivity index (χ2v) is 7.62. The average Bonchev–Trinajstić information content (AvgIpc) is 3.08. The number of benzene rings is 1. The Kier molecular flexibility index (Phi) is 5.74. The summed E-state index contributed by atoms with van der Waals surface area (Å²) in [6.07, 6.45) is -0.885. The summed E-state index contributed by atoms with van der Waals surface area (Å²) in [4.78, 5) is 36.7. The Morgan fingerprint density at radius 1 is 1.08 bits per heavy atom. The molecule has 0 fully saturated rings. The van der Waals surface area contributed by atoms with Crippen LogP contribution in [0.1, 0.15) is 47.7 Å². The maximum atomic E-state index is 12.4. The molecule has 1 aromatic heterocycles. The number of thiophene rings is 1. The Labute approximate surface area is 151 Å². The second kappa shape index (κ2) is 7.61. The van der Waals surface area contributed by atoms with Crippen molar-refractivity contribution in [1.29, 1.82) is 0 Å². The van der Waals surface area contributed by atoms with Crippen LogP contribution in [0.25, 0.3) is 0 Å². The van der Waals surface area contributed by atoms with Gasteiger partial charge in [0.2, 0.25) is 11.7 Å². The largest absolute Gasteiger partial charge is 0.450 e. The number of ketones is 1. The van der Waals surface area contributed by atoms with Crippen molar-refractivity contribution in [1.82, 2.24) is 0 Å². The summed E-state index contributed by atoms with van der Waals surface area (Å²) in [5.74, 6) is -0.909. The van der Waals surface area contributed by atoms with Crippen LogP contribution in [0.5, 0.6) is 0 Å². The van der Waals surface area contributed by atoms with Crippen LogP contribution in [0.15, 0.2) is 41.8 Å². The predicted octanol–water partition coefficient (Wildman–Crippen LogP) is 4.16. The van der Waals surface area contributed by atoms with Crippen LogP contribution in [-0.2, 0) is 9.53 Å². The average molecular weight is 359 g/mol. The van der Waals surface area contributed by atoms with Crippen LogP contribution in [0.3, 0.4) is 0 Å². The summed E-state index contributed by atoms with van der Waals surface area (Å²) >= 11 is 1.26. The number of rotatable bonds is 5. The Hall–Kier alpha value is -2.47. The van der Waals surface area contributed by atoms with Crippen LogP contribution >= 0.6 is 11.3 Å². The number of carbonyl (C=O) groups excluding carboxylic acids is 3. The summed E-state index contributed by atoms with van der Waals surface area (Å²) in [5.41, 5.74) is 0.527. The van der Waals surface area contributed by atoms with E-state index in [4.69, 9.17) is 4.74 Å². The van der Waals surface area contributed by atoms with Gasteiger partial charge in [-0.2, -0.15) is 0 Å². The number of esters is 1. The molecule has 0 unspecified atom stereocenters. The van der Waals surface area contributed by atoms with E-state index in [1.54, 1.807) is 48.7 Å². The number of hydrogen-bond acceptors (Lipinski definition) is 5. The third kappa shape index (κ3) is 5.00. The van der Waals surface area contributed by atoms with E-state index in [0.717, 1.165) is 0 Å². The summed E-state index contributed by atoms with van der Waals surface area (Å²) < 4.78 is 5.20. The standard InChI is InChI=1S/C19H21NO4S/c1-12(24-17(22)15-6-5-11-25-15)16(21)13-7-9-14(10-8-13)20-18(23)19(2,3)4/h5-12H,1-4H3,(H,20,23)/t12-/m0/s1. The number of nitrogens with one attached hydrogen (secondary N) is 1. The van der Waals surface area contributed by atoms with Gasteiger partial charge in [0.1, 0.15) is 4.88 Å². The first-order valence-electron chi connectivity index (χ1n) is 7.88. The van der Waals surface area contributed by atoms with E-state index < -0.39 is 17.5 Å². The maximum Gasteiger partial charge on any atom is 0.349 e. The fourth-order valence-corrected chi connectivity index (χ4v) is 2.54. The van der Waals surface area contributed by atoms with Crippen LogP contribution in [0.2, 0.25) is 0 Å². The van der Waals surface area contributed by atoms with Crippen LogP contribution in [0, 0.1) is 5.41 Å². The third-order valence-electron chi connectivity index (χ3n) is 3.48. The molecule has 2 rings (SSSR count). The number of amides is 1. The highest BCUT2D eigenvalue weighted by molar-refractivity contribution is 7.11. The molecule has 2 aromatic rings. The van der Waals surface area contributed by atoms with E-state index in [-0.39, 0.29) is 11.7 Å². The van der Waals surface area contributed by atoms with Gasteiger partial charge in [0.05, 0.1) is 0 Å². The molecule has 0 aliphatic carbocycles. The molecule has 0 saturated heterocycles. The molecule has 132 valence electrons. The van der Waals surface area contributed by atoms with Gasteiger partial charge in [0.15, 0.2) is 6.10 Å². The lowest BCUT2D eigenvalue weighted by atomic mass is 9.95. The molecular weight excluding hydrogens is 338 g/mol.